The van der Waals surface area contributed by atoms with Crippen molar-refractivity contribution >= 4 is 40.9 Å². The molecule has 7 nitrogen and oxygen atoms in total. The zero-order valence-electron chi connectivity index (χ0n) is 16.5. The first-order valence-corrected chi connectivity index (χ1v) is 9.94. The standard InChI is InChI=1S/C22H16Cl2N4O3/c1-12-25-16(13-7-4-3-5-8-13)11-17(26-12)27-21-19(22(29)30-2)20(28-31-21)18-14(23)9-6-10-15(18)24/h3-11H,1-2H3,(H,25,26,27). The number of rotatable bonds is 5. The highest BCUT2D eigenvalue weighted by molar-refractivity contribution is 6.39. The van der Waals surface area contributed by atoms with Crippen LogP contribution in [0.4, 0.5) is 11.7 Å². The summed E-state index contributed by atoms with van der Waals surface area (Å²) in [6.45, 7) is 1.77. The van der Waals surface area contributed by atoms with E-state index in [9.17, 15) is 4.79 Å². The maximum absolute atomic E-state index is 12.6. The van der Waals surface area contributed by atoms with Crippen molar-refractivity contribution in [2.75, 3.05) is 12.4 Å². The van der Waals surface area contributed by atoms with Crippen LogP contribution in [0.1, 0.15) is 16.2 Å². The van der Waals surface area contributed by atoms with E-state index in [-0.39, 0.29) is 17.1 Å². The van der Waals surface area contributed by atoms with Crippen molar-refractivity contribution in [2.24, 2.45) is 0 Å². The molecular formula is C22H16Cl2N4O3. The van der Waals surface area contributed by atoms with Crippen LogP contribution in [0.3, 0.4) is 0 Å². The number of hydrogen-bond acceptors (Lipinski definition) is 7. The Morgan fingerprint density at radius 1 is 1.03 bits per heavy atom. The fraction of sp³-hybridized carbons (Fsp3) is 0.0909. The summed E-state index contributed by atoms with van der Waals surface area (Å²) in [6, 6.07) is 16.4. The molecule has 4 aromatic rings. The summed E-state index contributed by atoms with van der Waals surface area (Å²) in [5.41, 5.74) is 2.22. The summed E-state index contributed by atoms with van der Waals surface area (Å²) in [5, 5.41) is 7.67. The second kappa shape index (κ2) is 8.75. The van der Waals surface area contributed by atoms with Gasteiger partial charge in [0.1, 0.15) is 17.3 Å². The van der Waals surface area contributed by atoms with Crippen LogP contribution >= 0.6 is 23.2 Å². The van der Waals surface area contributed by atoms with E-state index >= 15 is 0 Å². The van der Waals surface area contributed by atoms with Gasteiger partial charge in [-0.3, -0.25) is 0 Å². The number of nitrogens with zero attached hydrogens (tertiary/aromatic N) is 3. The van der Waals surface area contributed by atoms with Crippen LogP contribution in [-0.4, -0.2) is 28.2 Å². The molecule has 0 saturated carbocycles. The predicted molar refractivity (Wildman–Crippen MR) is 119 cm³/mol. The average molecular weight is 455 g/mol. The number of aromatic nitrogens is 3. The van der Waals surface area contributed by atoms with E-state index in [1.54, 1.807) is 31.2 Å². The minimum absolute atomic E-state index is 0.0509. The number of ether oxygens (including phenoxy) is 1. The van der Waals surface area contributed by atoms with E-state index in [1.807, 2.05) is 30.3 Å². The normalized spacial score (nSPS) is 10.7. The predicted octanol–water partition coefficient (Wildman–Crippen LogP) is 5.94. The molecule has 0 atom stereocenters. The van der Waals surface area contributed by atoms with Gasteiger partial charge in [-0.2, -0.15) is 0 Å². The monoisotopic (exact) mass is 454 g/mol. The molecule has 0 spiro atoms. The third kappa shape index (κ3) is 4.23. The second-order valence-electron chi connectivity index (χ2n) is 6.50. The van der Waals surface area contributed by atoms with Crippen LogP contribution in [-0.2, 0) is 4.74 Å². The molecule has 0 radical (unpaired) electrons. The highest BCUT2D eigenvalue weighted by Crippen LogP contribution is 2.39. The third-order valence-electron chi connectivity index (χ3n) is 4.43. The van der Waals surface area contributed by atoms with E-state index in [0.29, 0.717) is 32.9 Å². The van der Waals surface area contributed by atoms with Crippen LogP contribution in [0.15, 0.2) is 59.1 Å². The average Bonchev–Trinajstić information content (AvgIpc) is 3.16. The zero-order chi connectivity index (χ0) is 22.0. The topological polar surface area (TPSA) is 90.1 Å². The molecule has 2 heterocycles. The molecule has 0 saturated heterocycles. The molecule has 2 aromatic heterocycles. The Bertz CT molecular complexity index is 1240. The number of carbonyl (C=O) groups is 1. The van der Waals surface area contributed by atoms with Crippen LogP contribution in [0.2, 0.25) is 10.0 Å². The Morgan fingerprint density at radius 2 is 1.74 bits per heavy atom. The molecule has 9 heteroatoms. The highest BCUT2D eigenvalue weighted by Gasteiger charge is 2.28. The fourth-order valence-electron chi connectivity index (χ4n) is 3.07. The van der Waals surface area contributed by atoms with E-state index < -0.39 is 5.97 Å². The highest BCUT2D eigenvalue weighted by atomic mass is 35.5. The Hall–Kier alpha value is -3.42. The lowest BCUT2D eigenvalue weighted by atomic mass is 10.1. The van der Waals surface area contributed by atoms with Crippen molar-refractivity contribution in [3.63, 3.8) is 0 Å². The lowest BCUT2D eigenvalue weighted by Gasteiger charge is -2.08. The fourth-order valence-corrected chi connectivity index (χ4v) is 3.64. The lowest BCUT2D eigenvalue weighted by molar-refractivity contribution is 0.0602. The number of aryl methyl sites for hydroxylation is 1. The molecule has 4 rings (SSSR count). The molecule has 2 aromatic carbocycles. The minimum atomic E-state index is -0.663. The van der Waals surface area contributed by atoms with Gasteiger partial charge in [0, 0.05) is 17.2 Å². The van der Waals surface area contributed by atoms with Gasteiger partial charge < -0.3 is 14.6 Å². The molecule has 1 N–H and O–H groups in total. The number of nitrogens with one attached hydrogen (secondary N) is 1. The van der Waals surface area contributed by atoms with E-state index in [2.05, 4.69) is 20.4 Å². The van der Waals surface area contributed by atoms with Gasteiger partial charge in [0.15, 0.2) is 5.56 Å². The second-order valence-corrected chi connectivity index (χ2v) is 7.31. The number of benzene rings is 2. The molecule has 0 aliphatic rings. The number of hydrogen-bond donors (Lipinski definition) is 1. The summed E-state index contributed by atoms with van der Waals surface area (Å²) in [5.74, 6) is 0.348. The van der Waals surface area contributed by atoms with Crippen molar-refractivity contribution in [3.05, 3.63) is 76.0 Å². The largest absolute Gasteiger partial charge is 0.465 e. The van der Waals surface area contributed by atoms with Crippen LogP contribution in [0.5, 0.6) is 0 Å². The van der Waals surface area contributed by atoms with Gasteiger partial charge in [0.05, 0.1) is 22.8 Å². The van der Waals surface area contributed by atoms with Crippen molar-refractivity contribution in [1.82, 2.24) is 15.1 Å². The Kier molecular flexibility index (Phi) is 5.88. The molecule has 0 fully saturated rings. The van der Waals surface area contributed by atoms with Gasteiger partial charge in [-0.15, -0.1) is 0 Å². The van der Waals surface area contributed by atoms with Crippen molar-refractivity contribution < 1.29 is 14.1 Å². The molecule has 0 aliphatic carbocycles. The number of esters is 1. The zero-order valence-corrected chi connectivity index (χ0v) is 18.0. The Morgan fingerprint density at radius 3 is 2.42 bits per heavy atom. The number of methoxy groups -OCH3 is 1. The van der Waals surface area contributed by atoms with Gasteiger partial charge in [0.25, 0.3) is 0 Å². The first kappa shape index (κ1) is 20.8. The van der Waals surface area contributed by atoms with Gasteiger partial charge in [-0.25, -0.2) is 14.8 Å². The van der Waals surface area contributed by atoms with Gasteiger partial charge >= 0.3 is 5.97 Å². The minimum Gasteiger partial charge on any atom is -0.465 e. The van der Waals surface area contributed by atoms with Gasteiger partial charge in [-0.05, 0) is 19.1 Å². The molecule has 0 bridgehead atoms. The van der Waals surface area contributed by atoms with Gasteiger partial charge in [0.2, 0.25) is 5.88 Å². The summed E-state index contributed by atoms with van der Waals surface area (Å²) >= 11 is 12.6. The molecule has 0 amide bonds. The van der Waals surface area contributed by atoms with E-state index in [1.165, 1.54) is 7.11 Å². The van der Waals surface area contributed by atoms with Crippen molar-refractivity contribution in [2.45, 2.75) is 6.92 Å². The smallest absolute Gasteiger partial charge is 0.345 e. The quantitative estimate of drug-likeness (QED) is 0.372. The van der Waals surface area contributed by atoms with E-state index in [0.717, 1.165) is 5.56 Å². The van der Waals surface area contributed by atoms with Crippen LogP contribution < -0.4 is 5.32 Å². The Labute approximate surface area is 188 Å². The number of halogens is 2. The molecule has 156 valence electrons. The summed E-state index contributed by atoms with van der Waals surface area (Å²) < 4.78 is 10.4. The van der Waals surface area contributed by atoms with Crippen molar-refractivity contribution in [3.8, 4) is 22.5 Å². The summed E-state index contributed by atoms with van der Waals surface area (Å²) in [6.07, 6.45) is 0. The van der Waals surface area contributed by atoms with Gasteiger partial charge in [-0.1, -0.05) is 64.8 Å². The first-order chi connectivity index (χ1) is 15.0. The summed E-state index contributed by atoms with van der Waals surface area (Å²) in [7, 11) is 1.26. The number of anilines is 2. The maximum Gasteiger partial charge on any atom is 0.345 e. The molecule has 0 unspecified atom stereocenters. The number of carbonyl (C=O) groups excluding carboxylic acids is 1. The summed E-state index contributed by atoms with van der Waals surface area (Å²) in [4.78, 5) is 21.4. The first-order valence-electron chi connectivity index (χ1n) is 9.18. The molecule has 31 heavy (non-hydrogen) atoms. The SMILES string of the molecule is COC(=O)c1c(-c2c(Cl)cccc2Cl)noc1Nc1cc(-c2ccccc2)nc(C)n1. The van der Waals surface area contributed by atoms with Crippen LogP contribution in [0, 0.1) is 6.92 Å². The third-order valence-corrected chi connectivity index (χ3v) is 5.06. The van der Waals surface area contributed by atoms with E-state index in [4.69, 9.17) is 32.5 Å². The lowest BCUT2D eigenvalue weighted by Crippen LogP contribution is -2.06. The Balaban J connectivity index is 1.79. The van der Waals surface area contributed by atoms with Crippen LogP contribution in [0.25, 0.3) is 22.5 Å². The maximum atomic E-state index is 12.6. The molecular weight excluding hydrogens is 439 g/mol. The molecule has 0 aliphatic heterocycles. The van der Waals surface area contributed by atoms with Crippen molar-refractivity contribution in [1.29, 1.82) is 0 Å².